The van der Waals surface area contributed by atoms with E-state index in [0.29, 0.717) is 55.3 Å². The van der Waals surface area contributed by atoms with Crippen molar-refractivity contribution >= 4 is 73.5 Å². The molecule has 0 radical (unpaired) electrons. The van der Waals surface area contributed by atoms with Crippen molar-refractivity contribution in [3.8, 4) is 11.5 Å². The maximum absolute atomic E-state index is 13.3. The normalized spacial score (nSPS) is 14.3. The van der Waals surface area contributed by atoms with Crippen LogP contribution in [0.15, 0.2) is 70.0 Å². The molecule has 0 saturated carbocycles. The van der Waals surface area contributed by atoms with Crippen LogP contribution in [0.4, 0.5) is 15.8 Å². The molecule has 1 N–H and O–H groups in total. The lowest BCUT2D eigenvalue weighted by Crippen LogP contribution is -2.27. The van der Waals surface area contributed by atoms with Gasteiger partial charge >= 0.3 is 0 Å². The van der Waals surface area contributed by atoms with Crippen molar-refractivity contribution in [1.29, 1.82) is 0 Å². The molecular weight excluding hydrogens is 579 g/mol. The number of thiocarbonyl (C=S) groups is 1. The smallest absolute Gasteiger partial charge is 0.270 e. The molecule has 1 aliphatic rings. The summed E-state index contributed by atoms with van der Waals surface area (Å²) in [4.78, 5) is 27.9. The second-order valence-corrected chi connectivity index (χ2v) is 10.3. The number of hydrogen-bond acceptors (Lipinski definition) is 6. The Labute approximate surface area is 232 Å². The van der Waals surface area contributed by atoms with Crippen molar-refractivity contribution in [2.24, 2.45) is 0 Å². The number of amides is 2. The number of carbonyl (C=O) groups is 2. The fourth-order valence-electron chi connectivity index (χ4n) is 3.58. The molecule has 4 rings (SSSR count). The average Bonchev–Trinajstić information content (AvgIpc) is 3.15. The fraction of sp³-hybridized carbons (Fsp3) is 0.148. The second kappa shape index (κ2) is 11.9. The highest BCUT2D eigenvalue weighted by Crippen LogP contribution is 2.40. The van der Waals surface area contributed by atoms with Gasteiger partial charge in [-0.1, -0.05) is 30.0 Å². The number of nitrogens with one attached hydrogen (secondary N) is 1. The summed E-state index contributed by atoms with van der Waals surface area (Å²) in [5, 5.41) is 2.72. The van der Waals surface area contributed by atoms with E-state index in [2.05, 4.69) is 21.2 Å². The lowest BCUT2D eigenvalue weighted by Gasteiger charge is -2.16. The van der Waals surface area contributed by atoms with Crippen molar-refractivity contribution in [2.45, 2.75) is 13.8 Å². The Kier molecular flexibility index (Phi) is 8.63. The van der Waals surface area contributed by atoms with Gasteiger partial charge in [0.25, 0.3) is 11.8 Å². The van der Waals surface area contributed by atoms with Crippen LogP contribution in [0.2, 0.25) is 0 Å². The van der Waals surface area contributed by atoms with Gasteiger partial charge in [-0.2, -0.15) is 0 Å². The van der Waals surface area contributed by atoms with Crippen LogP contribution in [0, 0.1) is 5.82 Å². The van der Waals surface area contributed by atoms with E-state index in [-0.39, 0.29) is 5.91 Å². The summed E-state index contributed by atoms with van der Waals surface area (Å²) in [5.41, 5.74) is 2.00. The van der Waals surface area contributed by atoms with Gasteiger partial charge in [0.15, 0.2) is 15.8 Å². The summed E-state index contributed by atoms with van der Waals surface area (Å²) in [5.74, 6) is 0.0883. The fourth-order valence-corrected chi connectivity index (χ4v) is 5.46. The van der Waals surface area contributed by atoms with Crippen LogP contribution in [-0.4, -0.2) is 29.3 Å². The summed E-state index contributed by atoms with van der Waals surface area (Å²) < 4.78 is 25.6. The lowest BCUT2D eigenvalue weighted by atomic mass is 10.1. The van der Waals surface area contributed by atoms with Crippen molar-refractivity contribution in [3.63, 3.8) is 0 Å². The number of carbonyl (C=O) groups excluding carboxylic acids is 2. The second-order valence-electron chi connectivity index (χ2n) is 7.72. The molecule has 1 saturated heterocycles. The van der Waals surface area contributed by atoms with E-state index < -0.39 is 11.7 Å². The van der Waals surface area contributed by atoms with Crippen molar-refractivity contribution < 1.29 is 23.5 Å². The molecular formula is C27H22BrFN2O4S2. The molecule has 0 aromatic heterocycles. The third-order valence-corrected chi connectivity index (χ3v) is 7.07. The van der Waals surface area contributed by atoms with Gasteiger partial charge in [0.05, 0.1) is 28.3 Å². The molecule has 0 unspecified atom stereocenters. The Bertz CT molecular complexity index is 1400. The maximum atomic E-state index is 13.3. The molecule has 2 amide bonds. The number of rotatable bonds is 8. The van der Waals surface area contributed by atoms with E-state index in [4.69, 9.17) is 21.7 Å². The molecule has 3 aromatic carbocycles. The van der Waals surface area contributed by atoms with Crippen molar-refractivity contribution in [2.75, 3.05) is 23.4 Å². The Morgan fingerprint density at radius 1 is 1.11 bits per heavy atom. The lowest BCUT2D eigenvalue weighted by molar-refractivity contribution is -0.113. The van der Waals surface area contributed by atoms with E-state index in [1.807, 2.05) is 26.0 Å². The van der Waals surface area contributed by atoms with E-state index in [0.717, 1.165) is 5.56 Å². The Morgan fingerprint density at radius 3 is 2.54 bits per heavy atom. The molecule has 10 heteroatoms. The van der Waals surface area contributed by atoms with Gasteiger partial charge < -0.3 is 14.8 Å². The van der Waals surface area contributed by atoms with Gasteiger partial charge in [-0.3, -0.25) is 14.5 Å². The predicted octanol–water partition coefficient (Wildman–Crippen LogP) is 7.04. The van der Waals surface area contributed by atoms with E-state index in [1.54, 1.807) is 30.3 Å². The minimum Gasteiger partial charge on any atom is -0.490 e. The summed E-state index contributed by atoms with van der Waals surface area (Å²) in [6.07, 6.45) is 1.74. The standard InChI is InChI=1S/C27H22BrFN2O4S2/c1-3-34-22-13-16(12-21(28)24(22)35-4-2)14-23-26(33)31(27(36)37-23)20-7-5-6-17(15-20)25(32)30-19-10-8-18(29)9-11-19/h5-15H,3-4H2,1-2H3,(H,30,32)/b23-14+. The number of halogens is 2. The van der Waals surface area contributed by atoms with Crippen LogP contribution >= 0.6 is 39.9 Å². The Hall–Kier alpha value is -3.21. The molecule has 1 heterocycles. The zero-order valence-electron chi connectivity index (χ0n) is 19.9. The SMILES string of the molecule is CCOc1cc(/C=C2/SC(=S)N(c3cccc(C(=O)Nc4ccc(F)cc4)c3)C2=O)cc(Br)c1OCC. The minimum atomic E-state index is -0.394. The number of hydrogen-bond donors (Lipinski definition) is 1. The van der Waals surface area contributed by atoms with Crippen LogP contribution in [0.5, 0.6) is 11.5 Å². The van der Waals surface area contributed by atoms with Gasteiger partial charge in [-0.05, 0) is 96.0 Å². The average molecular weight is 602 g/mol. The van der Waals surface area contributed by atoms with E-state index in [1.165, 1.54) is 40.9 Å². The minimum absolute atomic E-state index is 0.297. The summed E-state index contributed by atoms with van der Waals surface area (Å²) >= 11 is 10.2. The van der Waals surface area contributed by atoms with E-state index in [9.17, 15) is 14.0 Å². The molecule has 6 nitrogen and oxygen atoms in total. The van der Waals surface area contributed by atoms with Gasteiger partial charge in [0, 0.05) is 11.3 Å². The molecule has 0 spiro atoms. The van der Waals surface area contributed by atoms with Crippen LogP contribution in [0.1, 0.15) is 29.8 Å². The van der Waals surface area contributed by atoms with Crippen LogP contribution in [-0.2, 0) is 4.79 Å². The molecule has 190 valence electrons. The molecule has 1 aliphatic heterocycles. The van der Waals surface area contributed by atoms with Crippen LogP contribution < -0.4 is 19.7 Å². The maximum Gasteiger partial charge on any atom is 0.270 e. The quantitative estimate of drug-likeness (QED) is 0.221. The van der Waals surface area contributed by atoms with E-state index >= 15 is 0 Å². The zero-order valence-corrected chi connectivity index (χ0v) is 23.1. The third-order valence-electron chi connectivity index (χ3n) is 5.18. The van der Waals surface area contributed by atoms with Gasteiger partial charge in [-0.15, -0.1) is 0 Å². The van der Waals surface area contributed by atoms with Crippen LogP contribution in [0.3, 0.4) is 0 Å². The number of thioether (sulfide) groups is 1. The summed E-state index contributed by atoms with van der Waals surface area (Å²) in [6, 6.07) is 15.7. The molecule has 0 aliphatic carbocycles. The van der Waals surface area contributed by atoms with Gasteiger partial charge in [0.1, 0.15) is 5.82 Å². The van der Waals surface area contributed by atoms with Crippen molar-refractivity contribution in [1.82, 2.24) is 0 Å². The Morgan fingerprint density at radius 2 is 1.84 bits per heavy atom. The molecule has 37 heavy (non-hydrogen) atoms. The Balaban J connectivity index is 1.58. The summed E-state index contributed by atoms with van der Waals surface area (Å²) in [7, 11) is 0. The monoisotopic (exact) mass is 600 g/mol. The molecule has 0 bridgehead atoms. The third kappa shape index (κ3) is 6.20. The highest BCUT2D eigenvalue weighted by molar-refractivity contribution is 9.10. The number of benzene rings is 3. The summed E-state index contributed by atoms with van der Waals surface area (Å²) in [6.45, 7) is 4.72. The van der Waals surface area contributed by atoms with Gasteiger partial charge in [0.2, 0.25) is 0 Å². The zero-order chi connectivity index (χ0) is 26.5. The number of nitrogens with zero attached hydrogens (tertiary/aromatic N) is 1. The number of anilines is 2. The van der Waals surface area contributed by atoms with Gasteiger partial charge in [-0.25, -0.2) is 4.39 Å². The topological polar surface area (TPSA) is 67.9 Å². The largest absolute Gasteiger partial charge is 0.490 e. The van der Waals surface area contributed by atoms with Crippen molar-refractivity contribution in [3.05, 3.63) is 87.0 Å². The first-order valence-corrected chi connectivity index (χ1v) is 13.4. The molecule has 1 fully saturated rings. The first-order valence-electron chi connectivity index (χ1n) is 11.3. The molecule has 3 aromatic rings. The number of ether oxygens (including phenoxy) is 2. The first kappa shape index (κ1) is 26.8. The highest BCUT2D eigenvalue weighted by atomic mass is 79.9. The predicted molar refractivity (Wildman–Crippen MR) is 153 cm³/mol. The van der Waals surface area contributed by atoms with Crippen LogP contribution in [0.25, 0.3) is 6.08 Å². The highest BCUT2D eigenvalue weighted by Gasteiger charge is 2.33. The first-order chi connectivity index (χ1) is 17.8. The molecule has 0 atom stereocenters.